The van der Waals surface area contributed by atoms with E-state index in [4.69, 9.17) is 4.42 Å². The van der Waals surface area contributed by atoms with Crippen LogP contribution in [0.15, 0.2) is 47.1 Å². The zero-order chi connectivity index (χ0) is 18.4. The number of anilines is 1. The SMILES string of the molecule is CC(=O)Nc1ccc(CC(=O)NC[C@H](c2ccco2)N2CCCC2)cc1. The van der Waals surface area contributed by atoms with Gasteiger partial charge in [0.1, 0.15) is 5.76 Å². The molecule has 0 radical (unpaired) electrons. The Morgan fingerprint density at radius 3 is 2.50 bits per heavy atom. The average Bonchev–Trinajstić information content (AvgIpc) is 3.30. The second kappa shape index (κ2) is 8.67. The van der Waals surface area contributed by atoms with Crippen LogP contribution >= 0.6 is 0 Å². The first-order valence-corrected chi connectivity index (χ1v) is 9.02. The van der Waals surface area contributed by atoms with Crippen LogP contribution in [0.1, 0.15) is 37.1 Å². The van der Waals surface area contributed by atoms with Gasteiger partial charge in [0.2, 0.25) is 11.8 Å². The van der Waals surface area contributed by atoms with E-state index in [-0.39, 0.29) is 17.9 Å². The lowest BCUT2D eigenvalue weighted by Crippen LogP contribution is -2.37. The van der Waals surface area contributed by atoms with Gasteiger partial charge in [-0.1, -0.05) is 12.1 Å². The molecule has 1 saturated heterocycles. The molecule has 1 aromatic carbocycles. The molecule has 0 unspecified atom stereocenters. The Morgan fingerprint density at radius 1 is 1.15 bits per heavy atom. The summed E-state index contributed by atoms with van der Waals surface area (Å²) in [6.07, 6.45) is 4.36. The minimum Gasteiger partial charge on any atom is -0.468 e. The third-order valence-electron chi connectivity index (χ3n) is 4.58. The van der Waals surface area contributed by atoms with Crippen LogP contribution in [0.5, 0.6) is 0 Å². The molecule has 1 aliphatic heterocycles. The lowest BCUT2D eigenvalue weighted by molar-refractivity contribution is -0.120. The van der Waals surface area contributed by atoms with Crippen molar-refractivity contribution < 1.29 is 14.0 Å². The molecule has 138 valence electrons. The molecule has 0 aliphatic carbocycles. The van der Waals surface area contributed by atoms with Crippen LogP contribution in [0, 0.1) is 0 Å². The van der Waals surface area contributed by atoms with E-state index in [2.05, 4.69) is 15.5 Å². The summed E-state index contributed by atoms with van der Waals surface area (Å²) >= 11 is 0. The molecular weight excluding hydrogens is 330 g/mol. The van der Waals surface area contributed by atoms with E-state index in [1.165, 1.54) is 19.8 Å². The smallest absolute Gasteiger partial charge is 0.224 e. The molecule has 26 heavy (non-hydrogen) atoms. The molecule has 1 atom stereocenters. The van der Waals surface area contributed by atoms with E-state index < -0.39 is 0 Å². The summed E-state index contributed by atoms with van der Waals surface area (Å²) in [6, 6.07) is 11.3. The van der Waals surface area contributed by atoms with E-state index in [9.17, 15) is 9.59 Å². The van der Waals surface area contributed by atoms with E-state index in [0.29, 0.717) is 13.0 Å². The highest BCUT2D eigenvalue weighted by Crippen LogP contribution is 2.24. The topological polar surface area (TPSA) is 74.6 Å². The maximum absolute atomic E-state index is 12.3. The van der Waals surface area contributed by atoms with E-state index in [0.717, 1.165) is 30.1 Å². The number of carbonyl (C=O) groups is 2. The van der Waals surface area contributed by atoms with Gasteiger partial charge < -0.3 is 15.1 Å². The molecule has 1 aliphatic rings. The highest BCUT2D eigenvalue weighted by Gasteiger charge is 2.25. The van der Waals surface area contributed by atoms with E-state index in [1.54, 1.807) is 18.4 Å². The average molecular weight is 355 g/mol. The predicted octanol–water partition coefficient (Wildman–Crippen LogP) is 2.73. The first-order chi connectivity index (χ1) is 12.6. The number of rotatable bonds is 7. The highest BCUT2D eigenvalue weighted by atomic mass is 16.3. The predicted molar refractivity (Wildman–Crippen MR) is 99.7 cm³/mol. The summed E-state index contributed by atoms with van der Waals surface area (Å²) in [4.78, 5) is 25.7. The summed E-state index contributed by atoms with van der Waals surface area (Å²) < 4.78 is 5.58. The summed E-state index contributed by atoms with van der Waals surface area (Å²) in [5, 5.41) is 5.75. The van der Waals surface area contributed by atoms with Crippen molar-refractivity contribution in [2.24, 2.45) is 0 Å². The Bertz CT molecular complexity index is 719. The number of furan rings is 1. The lowest BCUT2D eigenvalue weighted by Gasteiger charge is -2.26. The number of amides is 2. The van der Waals surface area contributed by atoms with Crippen molar-refractivity contribution in [3.63, 3.8) is 0 Å². The molecule has 0 bridgehead atoms. The third kappa shape index (κ3) is 4.95. The van der Waals surface area contributed by atoms with Gasteiger partial charge in [0.05, 0.1) is 18.7 Å². The second-order valence-corrected chi connectivity index (χ2v) is 6.63. The van der Waals surface area contributed by atoms with Gasteiger partial charge in [0, 0.05) is 19.2 Å². The van der Waals surface area contributed by atoms with Crippen LogP contribution in [-0.2, 0) is 16.0 Å². The second-order valence-electron chi connectivity index (χ2n) is 6.63. The van der Waals surface area contributed by atoms with Gasteiger partial charge >= 0.3 is 0 Å². The molecule has 0 saturated carbocycles. The van der Waals surface area contributed by atoms with Crippen LogP contribution in [0.4, 0.5) is 5.69 Å². The number of nitrogens with zero attached hydrogens (tertiary/aromatic N) is 1. The first-order valence-electron chi connectivity index (χ1n) is 9.02. The monoisotopic (exact) mass is 355 g/mol. The first kappa shape index (κ1) is 18.2. The number of hydrogen-bond donors (Lipinski definition) is 2. The molecule has 2 heterocycles. The van der Waals surface area contributed by atoms with E-state index >= 15 is 0 Å². The van der Waals surface area contributed by atoms with Crippen molar-refractivity contribution in [2.45, 2.75) is 32.2 Å². The molecule has 2 amide bonds. The van der Waals surface area contributed by atoms with Gasteiger partial charge in [-0.15, -0.1) is 0 Å². The molecular formula is C20H25N3O3. The largest absolute Gasteiger partial charge is 0.468 e. The zero-order valence-corrected chi connectivity index (χ0v) is 15.0. The molecule has 2 N–H and O–H groups in total. The molecule has 1 fully saturated rings. The molecule has 6 heteroatoms. The standard InChI is InChI=1S/C20H25N3O3/c1-15(24)22-17-8-6-16(7-9-17)13-20(25)21-14-18(19-5-4-12-26-19)23-10-2-3-11-23/h4-9,12,18H,2-3,10-11,13-14H2,1H3,(H,21,25)(H,22,24)/t18-/m1/s1. The maximum Gasteiger partial charge on any atom is 0.224 e. The molecule has 3 rings (SSSR count). The van der Waals surface area contributed by atoms with Crippen LogP contribution in [0.25, 0.3) is 0 Å². The Balaban J connectivity index is 1.54. The van der Waals surface area contributed by atoms with Crippen molar-refractivity contribution in [3.05, 3.63) is 54.0 Å². The quantitative estimate of drug-likeness (QED) is 0.801. The Labute approximate surface area is 153 Å². The van der Waals surface area contributed by atoms with Crippen molar-refractivity contribution in [3.8, 4) is 0 Å². The summed E-state index contributed by atoms with van der Waals surface area (Å²) in [5.74, 6) is 0.765. The Hall–Kier alpha value is -2.60. The minimum atomic E-state index is -0.110. The van der Waals surface area contributed by atoms with Gasteiger partial charge in [-0.05, 0) is 55.8 Å². The number of carbonyl (C=O) groups excluding carboxylic acids is 2. The van der Waals surface area contributed by atoms with Crippen molar-refractivity contribution >= 4 is 17.5 Å². The molecule has 2 aromatic rings. The van der Waals surface area contributed by atoms with Crippen LogP contribution in [0.3, 0.4) is 0 Å². The number of likely N-dealkylation sites (tertiary alicyclic amines) is 1. The fourth-order valence-corrected chi connectivity index (χ4v) is 3.31. The van der Waals surface area contributed by atoms with Gasteiger partial charge in [0.15, 0.2) is 0 Å². The summed E-state index contributed by atoms with van der Waals surface area (Å²) in [7, 11) is 0. The van der Waals surface area contributed by atoms with Gasteiger partial charge in [-0.3, -0.25) is 14.5 Å². The zero-order valence-electron chi connectivity index (χ0n) is 15.0. The minimum absolute atomic E-state index is 0.0203. The fourth-order valence-electron chi connectivity index (χ4n) is 3.31. The van der Waals surface area contributed by atoms with E-state index in [1.807, 2.05) is 24.3 Å². The van der Waals surface area contributed by atoms with Crippen LogP contribution in [0.2, 0.25) is 0 Å². The fraction of sp³-hybridized carbons (Fsp3) is 0.400. The normalized spacial score (nSPS) is 15.6. The van der Waals surface area contributed by atoms with Crippen molar-refractivity contribution in [1.29, 1.82) is 0 Å². The molecule has 0 spiro atoms. The lowest BCUT2D eigenvalue weighted by atomic mass is 10.1. The highest BCUT2D eigenvalue weighted by molar-refractivity contribution is 5.88. The van der Waals surface area contributed by atoms with Gasteiger partial charge in [0.25, 0.3) is 0 Å². The molecule has 6 nitrogen and oxygen atoms in total. The van der Waals surface area contributed by atoms with Gasteiger partial charge in [-0.2, -0.15) is 0 Å². The number of nitrogens with one attached hydrogen (secondary N) is 2. The van der Waals surface area contributed by atoms with Crippen LogP contribution in [-0.4, -0.2) is 36.3 Å². The number of benzene rings is 1. The van der Waals surface area contributed by atoms with Crippen molar-refractivity contribution in [2.75, 3.05) is 25.0 Å². The molecule has 1 aromatic heterocycles. The van der Waals surface area contributed by atoms with Crippen molar-refractivity contribution in [1.82, 2.24) is 10.2 Å². The van der Waals surface area contributed by atoms with Gasteiger partial charge in [-0.25, -0.2) is 0 Å². The summed E-state index contributed by atoms with van der Waals surface area (Å²) in [5.41, 5.74) is 1.64. The Morgan fingerprint density at radius 2 is 1.88 bits per heavy atom. The van der Waals surface area contributed by atoms with Crippen LogP contribution < -0.4 is 10.6 Å². The third-order valence-corrected chi connectivity index (χ3v) is 4.58. The maximum atomic E-state index is 12.3. The Kier molecular flexibility index (Phi) is 6.07. The summed E-state index contributed by atoms with van der Waals surface area (Å²) in [6.45, 7) is 4.07. The number of hydrogen-bond acceptors (Lipinski definition) is 4.